The number of hydrogen-bond donors (Lipinski definition) is 4. The molecule has 22 heavy (non-hydrogen) atoms. The van der Waals surface area contributed by atoms with Crippen molar-refractivity contribution in [3.63, 3.8) is 0 Å². The summed E-state index contributed by atoms with van der Waals surface area (Å²) in [4.78, 5) is 0. The smallest absolute Gasteiger partial charge is 0.0531 e. The molecule has 0 rings (SSSR count). The van der Waals surface area contributed by atoms with Gasteiger partial charge in [0.2, 0.25) is 0 Å². The van der Waals surface area contributed by atoms with Gasteiger partial charge in [-0.3, -0.25) is 0 Å². The molecule has 0 aromatic carbocycles. The van der Waals surface area contributed by atoms with Crippen LogP contribution in [0.2, 0.25) is 0 Å². The molecule has 0 amide bonds. The Bertz CT molecular complexity index is 201. The van der Waals surface area contributed by atoms with Crippen molar-refractivity contribution in [2.45, 2.75) is 67.2 Å². The molecule has 0 aliphatic carbocycles. The maximum Gasteiger partial charge on any atom is 0.0531 e. The van der Waals surface area contributed by atoms with E-state index in [0.717, 1.165) is 19.3 Å². The Morgan fingerprint density at radius 3 is 0.955 bits per heavy atom. The molecule has 0 unspecified atom stereocenters. The van der Waals surface area contributed by atoms with Crippen LogP contribution in [-0.4, -0.2) is 46.9 Å². The number of aliphatic hydroxyl groups excluding tert-OH is 4. The van der Waals surface area contributed by atoms with Gasteiger partial charge in [-0.2, -0.15) is 0 Å². The third-order valence-electron chi connectivity index (χ3n) is 4.52. The van der Waals surface area contributed by atoms with Crippen molar-refractivity contribution in [3.05, 3.63) is 0 Å². The van der Waals surface area contributed by atoms with Crippen molar-refractivity contribution >= 4 is 0 Å². The lowest BCUT2D eigenvalue weighted by Gasteiger charge is -2.31. The van der Waals surface area contributed by atoms with E-state index in [0.29, 0.717) is 24.9 Å². The predicted molar refractivity (Wildman–Crippen MR) is 92.7 cm³/mol. The molecule has 0 heterocycles. The molecule has 0 bridgehead atoms. The van der Waals surface area contributed by atoms with Gasteiger partial charge in [0.15, 0.2) is 0 Å². The number of hydrogen-bond acceptors (Lipinski definition) is 4. The van der Waals surface area contributed by atoms with E-state index in [4.69, 9.17) is 15.3 Å². The first kappa shape index (κ1) is 24.1. The molecule has 0 atom stereocenters. The molecular formula is C18H40O4. The van der Waals surface area contributed by atoms with E-state index in [1.807, 2.05) is 13.8 Å². The van der Waals surface area contributed by atoms with Crippen molar-refractivity contribution in [2.24, 2.45) is 22.7 Å². The van der Waals surface area contributed by atoms with Crippen molar-refractivity contribution in [3.8, 4) is 0 Å². The quantitative estimate of drug-likeness (QED) is 0.499. The molecule has 4 nitrogen and oxygen atoms in total. The number of rotatable bonds is 10. The lowest BCUT2D eigenvalue weighted by Crippen LogP contribution is -2.35. The van der Waals surface area contributed by atoms with Gasteiger partial charge in [-0.15, -0.1) is 0 Å². The lowest BCUT2D eigenvalue weighted by molar-refractivity contribution is -0.00897. The molecule has 0 aliphatic rings. The molecule has 0 aromatic heterocycles. The average Bonchev–Trinajstić information content (AvgIpc) is 2.50. The zero-order valence-corrected chi connectivity index (χ0v) is 15.6. The highest BCUT2D eigenvalue weighted by atomic mass is 16.3. The fraction of sp³-hybridized carbons (Fsp3) is 1.00. The molecule has 0 fully saturated rings. The second kappa shape index (κ2) is 12.3. The fourth-order valence-electron chi connectivity index (χ4n) is 2.90. The van der Waals surface area contributed by atoms with Gasteiger partial charge < -0.3 is 20.4 Å². The first-order chi connectivity index (χ1) is 10.2. The van der Waals surface area contributed by atoms with Crippen LogP contribution in [0.3, 0.4) is 0 Å². The van der Waals surface area contributed by atoms with Gasteiger partial charge in [0.1, 0.15) is 0 Å². The topological polar surface area (TPSA) is 80.9 Å². The van der Waals surface area contributed by atoms with Crippen LogP contribution in [0, 0.1) is 22.7 Å². The summed E-state index contributed by atoms with van der Waals surface area (Å²) in [6, 6.07) is 0. The lowest BCUT2D eigenvalue weighted by atomic mass is 9.76. The summed E-state index contributed by atoms with van der Waals surface area (Å²) in [7, 11) is 0. The van der Waals surface area contributed by atoms with Gasteiger partial charge in [-0.1, -0.05) is 41.5 Å². The molecule has 136 valence electrons. The maximum absolute atomic E-state index is 9.23. The van der Waals surface area contributed by atoms with Crippen LogP contribution in [0.4, 0.5) is 0 Å². The molecular weight excluding hydrogens is 280 g/mol. The Morgan fingerprint density at radius 2 is 0.864 bits per heavy atom. The summed E-state index contributed by atoms with van der Waals surface area (Å²) in [6.45, 7) is 12.6. The Morgan fingerprint density at radius 1 is 0.591 bits per heavy atom. The van der Waals surface area contributed by atoms with Crippen molar-refractivity contribution in [2.75, 3.05) is 26.4 Å². The van der Waals surface area contributed by atoms with Crippen LogP contribution in [0.15, 0.2) is 0 Å². The van der Waals surface area contributed by atoms with Crippen molar-refractivity contribution in [1.82, 2.24) is 0 Å². The molecule has 0 spiro atoms. The minimum Gasteiger partial charge on any atom is -0.396 e. The largest absolute Gasteiger partial charge is 0.396 e. The zero-order valence-electron chi connectivity index (χ0n) is 15.6. The molecule has 0 radical (unpaired) electrons. The van der Waals surface area contributed by atoms with Gasteiger partial charge in [0.25, 0.3) is 0 Å². The van der Waals surface area contributed by atoms with Crippen LogP contribution >= 0.6 is 0 Å². The average molecular weight is 321 g/mol. The summed E-state index contributed by atoms with van der Waals surface area (Å²) >= 11 is 0. The fourth-order valence-corrected chi connectivity index (χ4v) is 2.90. The zero-order chi connectivity index (χ0) is 17.8. The summed E-state index contributed by atoms with van der Waals surface area (Å²) < 4.78 is 0. The van der Waals surface area contributed by atoms with Crippen molar-refractivity contribution in [1.29, 1.82) is 0 Å². The summed E-state index contributed by atoms with van der Waals surface area (Å²) in [6.07, 6.45) is 3.99. The van der Waals surface area contributed by atoms with Gasteiger partial charge in [-0.25, -0.2) is 0 Å². The van der Waals surface area contributed by atoms with E-state index in [1.165, 1.54) is 0 Å². The monoisotopic (exact) mass is 320 g/mol. The molecule has 4 N–H and O–H groups in total. The normalized spacial score (nSPS) is 12.5. The number of aliphatic hydroxyl groups is 4. The van der Waals surface area contributed by atoms with Gasteiger partial charge >= 0.3 is 0 Å². The molecule has 0 aliphatic heterocycles. The SMILES string of the molecule is CC(C)CC(CO)(CO)CO.CCC(CC)(CO)CC(C)C. The third kappa shape index (κ3) is 9.09. The second-order valence-electron chi connectivity index (χ2n) is 7.54. The predicted octanol–water partition coefficient (Wildman–Crippen LogP) is 2.83. The molecule has 0 saturated carbocycles. The Kier molecular flexibility index (Phi) is 13.5. The maximum atomic E-state index is 9.23. The van der Waals surface area contributed by atoms with E-state index in [-0.39, 0.29) is 25.2 Å². The molecule has 0 aromatic rings. The highest BCUT2D eigenvalue weighted by Gasteiger charge is 2.28. The van der Waals surface area contributed by atoms with Crippen LogP contribution < -0.4 is 0 Å². The standard InChI is InChI=1S/C10H22O.C8H18O3/c1-5-10(6-2,8-11)7-9(3)4;1-7(2)3-8(4-9,5-10)6-11/h9,11H,5-8H2,1-4H3;7,9-11H,3-6H2,1-2H3. The first-order valence-corrected chi connectivity index (χ1v) is 8.63. The van der Waals surface area contributed by atoms with Crippen LogP contribution in [0.25, 0.3) is 0 Å². The highest BCUT2D eigenvalue weighted by molar-refractivity contribution is 4.78. The highest BCUT2D eigenvalue weighted by Crippen LogP contribution is 2.32. The van der Waals surface area contributed by atoms with E-state index in [2.05, 4.69) is 27.7 Å². The Hall–Kier alpha value is -0.160. The van der Waals surface area contributed by atoms with Crippen molar-refractivity contribution < 1.29 is 20.4 Å². The summed E-state index contributed by atoms with van der Waals surface area (Å²) in [5.74, 6) is 1.07. The minimum absolute atomic E-state index is 0.155. The summed E-state index contributed by atoms with van der Waals surface area (Å²) in [5, 5.41) is 35.9. The van der Waals surface area contributed by atoms with E-state index < -0.39 is 5.41 Å². The first-order valence-electron chi connectivity index (χ1n) is 8.63. The second-order valence-corrected chi connectivity index (χ2v) is 7.54. The molecule has 4 heteroatoms. The van der Waals surface area contributed by atoms with E-state index in [1.54, 1.807) is 0 Å². The van der Waals surface area contributed by atoms with E-state index >= 15 is 0 Å². The van der Waals surface area contributed by atoms with Gasteiger partial charge in [-0.05, 0) is 42.9 Å². The van der Waals surface area contributed by atoms with E-state index in [9.17, 15) is 5.11 Å². The summed E-state index contributed by atoms with van der Waals surface area (Å²) in [5.41, 5.74) is -0.484. The van der Waals surface area contributed by atoms with Crippen LogP contribution in [-0.2, 0) is 0 Å². The van der Waals surface area contributed by atoms with Gasteiger partial charge in [0, 0.05) is 12.0 Å². The van der Waals surface area contributed by atoms with Crippen LogP contribution in [0.1, 0.15) is 67.2 Å². The Balaban J connectivity index is 0. The van der Waals surface area contributed by atoms with Crippen LogP contribution in [0.5, 0.6) is 0 Å². The minimum atomic E-state index is -0.686. The van der Waals surface area contributed by atoms with Gasteiger partial charge in [0.05, 0.1) is 19.8 Å². The Labute approximate surface area is 137 Å². The third-order valence-corrected chi connectivity index (χ3v) is 4.52. The molecule has 0 saturated heterocycles.